The quantitative estimate of drug-likeness (QED) is 0.294. The molecule has 0 aliphatic rings. The molecule has 0 aliphatic heterocycles. The van der Waals surface area contributed by atoms with Gasteiger partial charge in [-0.3, -0.25) is 4.98 Å². The van der Waals surface area contributed by atoms with Gasteiger partial charge in [-0.25, -0.2) is 4.98 Å². The summed E-state index contributed by atoms with van der Waals surface area (Å²) in [6, 6.07) is 23.2. The van der Waals surface area contributed by atoms with E-state index in [4.69, 9.17) is 4.98 Å². The van der Waals surface area contributed by atoms with E-state index in [1.165, 1.54) is 10.8 Å². The molecule has 0 bridgehead atoms. The summed E-state index contributed by atoms with van der Waals surface area (Å²) < 4.78 is 0. The van der Waals surface area contributed by atoms with Crippen LogP contribution in [0.1, 0.15) is 0 Å². The van der Waals surface area contributed by atoms with Crippen LogP contribution in [-0.2, 0) is 0 Å². The fourth-order valence-electron chi connectivity index (χ4n) is 3.83. The SMILES string of the molecule is c1cnc2c(c1)ccc1cc3c(ccc4c5ccccc5[nH]c34)nc12. The maximum Gasteiger partial charge on any atom is 0.0972 e. The molecule has 0 radical (unpaired) electrons. The maximum absolute atomic E-state index is 4.94. The minimum absolute atomic E-state index is 0.957. The average Bonchev–Trinajstić information content (AvgIpc) is 3.06. The molecule has 0 atom stereocenters. The highest BCUT2D eigenvalue weighted by molar-refractivity contribution is 6.18. The number of para-hydroxylation sites is 1. The predicted molar refractivity (Wildman–Crippen MR) is 104 cm³/mol. The number of H-pyrrole nitrogens is 1. The molecular weight excluding hydrogens is 306 g/mol. The molecule has 6 rings (SSSR count). The van der Waals surface area contributed by atoms with Crippen molar-refractivity contribution in [1.82, 2.24) is 15.0 Å². The van der Waals surface area contributed by atoms with Gasteiger partial charge in [-0.05, 0) is 24.3 Å². The smallest absolute Gasteiger partial charge is 0.0972 e. The minimum atomic E-state index is 0.957. The Hall–Kier alpha value is -3.46. The Bertz CT molecular complexity index is 1440. The van der Waals surface area contributed by atoms with Crippen LogP contribution in [0.3, 0.4) is 0 Å². The molecular formula is C22H13N3. The normalized spacial score (nSPS) is 12.0. The molecule has 6 aromatic rings. The van der Waals surface area contributed by atoms with Gasteiger partial charge in [0.2, 0.25) is 0 Å². The third-order valence-corrected chi connectivity index (χ3v) is 5.01. The van der Waals surface area contributed by atoms with E-state index in [1.54, 1.807) is 0 Å². The lowest BCUT2D eigenvalue weighted by molar-refractivity contribution is 1.40. The van der Waals surface area contributed by atoms with E-state index in [1.807, 2.05) is 12.3 Å². The number of aromatic nitrogens is 3. The molecule has 1 N–H and O–H groups in total. The first-order chi connectivity index (χ1) is 12.4. The van der Waals surface area contributed by atoms with Crippen molar-refractivity contribution in [2.75, 3.05) is 0 Å². The highest BCUT2D eigenvalue weighted by Gasteiger charge is 2.10. The summed E-state index contributed by atoms with van der Waals surface area (Å²) in [5, 5.41) is 5.87. The number of hydrogen-bond acceptors (Lipinski definition) is 2. The number of fused-ring (bicyclic) bond motifs is 8. The van der Waals surface area contributed by atoms with Crippen molar-refractivity contribution in [3.05, 3.63) is 72.9 Å². The van der Waals surface area contributed by atoms with Gasteiger partial charge >= 0.3 is 0 Å². The number of pyridine rings is 2. The van der Waals surface area contributed by atoms with Crippen molar-refractivity contribution in [2.45, 2.75) is 0 Å². The van der Waals surface area contributed by atoms with Gasteiger partial charge in [-0.1, -0.05) is 42.5 Å². The standard InChI is InChI=1S/C22H13N3/c1-2-6-18-15(5-1)16-9-10-19-17(22(16)25-18)12-14-8-7-13-4-3-11-23-20(13)21(14)24-19/h1-12,25H. The summed E-state index contributed by atoms with van der Waals surface area (Å²) in [7, 11) is 0. The lowest BCUT2D eigenvalue weighted by Crippen LogP contribution is -1.87. The molecule has 0 spiro atoms. The number of aromatic amines is 1. The molecule has 3 heterocycles. The van der Waals surface area contributed by atoms with E-state index >= 15 is 0 Å². The highest BCUT2D eigenvalue weighted by Crippen LogP contribution is 2.33. The van der Waals surface area contributed by atoms with Crippen LogP contribution in [0.4, 0.5) is 0 Å². The van der Waals surface area contributed by atoms with Crippen LogP contribution in [0.25, 0.3) is 54.5 Å². The lowest BCUT2D eigenvalue weighted by Gasteiger charge is -2.05. The van der Waals surface area contributed by atoms with Gasteiger partial charge in [0.05, 0.1) is 22.1 Å². The van der Waals surface area contributed by atoms with Crippen LogP contribution >= 0.6 is 0 Å². The molecule has 0 aliphatic carbocycles. The molecule has 0 amide bonds. The van der Waals surface area contributed by atoms with E-state index in [2.05, 4.69) is 70.6 Å². The zero-order valence-corrected chi connectivity index (χ0v) is 13.3. The zero-order chi connectivity index (χ0) is 16.4. The fraction of sp³-hybridized carbons (Fsp3) is 0. The second kappa shape index (κ2) is 4.54. The van der Waals surface area contributed by atoms with Crippen LogP contribution in [0.15, 0.2) is 72.9 Å². The van der Waals surface area contributed by atoms with Gasteiger partial charge in [0.1, 0.15) is 0 Å². The van der Waals surface area contributed by atoms with Crippen LogP contribution < -0.4 is 0 Å². The molecule has 0 fully saturated rings. The summed E-state index contributed by atoms with van der Waals surface area (Å²) in [6.07, 6.45) is 1.83. The summed E-state index contributed by atoms with van der Waals surface area (Å²) in [5.74, 6) is 0. The molecule has 3 aromatic heterocycles. The number of hydrogen-bond donors (Lipinski definition) is 1. The Kier molecular flexibility index (Phi) is 2.35. The molecule has 3 nitrogen and oxygen atoms in total. The average molecular weight is 319 g/mol. The molecule has 116 valence electrons. The number of nitrogens with one attached hydrogen (secondary N) is 1. The fourth-order valence-corrected chi connectivity index (χ4v) is 3.83. The topological polar surface area (TPSA) is 41.6 Å². The van der Waals surface area contributed by atoms with Gasteiger partial charge in [0, 0.05) is 38.6 Å². The minimum Gasteiger partial charge on any atom is -0.354 e. The second-order valence-corrected chi connectivity index (χ2v) is 6.43. The molecule has 3 heteroatoms. The molecule has 25 heavy (non-hydrogen) atoms. The lowest BCUT2D eigenvalue weighted by atomic mass is 10.1. The van der Waals surface area contributed by atoms with E-state index in [0.717, 1.165) is 43.7 Å². The van der Waals surface area contributed by atoms with Crippen LogP contribution in [0, 0.1) is 0 Å². The number of nitrogens with zero attached hydrogens (tertiary/aromatic N) is 2. The van der Waals surface area contributed by atoms with Crippen molar-refractivity contribution in [1.29, 1.82) is 0 Å². The summed E-state index contributed by atoms with van der Waals surface area (Å²) in [6.45, 7) is 0. The van der Waals surface area contributed by atoms with Gasteiger partial charge in [-0.15, -0.1) is 0 Å². The summed E-state index contributed by atoms with van der Waals surface area (Å²) in [5.41, 5.74) is 5.21. The monoisotopic (exact) mass is 319 g/mol. The van der Waals surface area contributed by atoms with Gasteiger partial charge in [-0.2, -0.15) is 0 Å². The Morgan fingerprint density at radius 1 is 0.680 bits per heavy atom. The zero-order valence-electron chi connectivity index (χ0n) is 13.3. The second-order valence-electron chi connectivity index (χ2n) is 6.43. The van der Waals surface area contributed by atoms with E-state index < -0.39 is 0 Å². The number of rotatable bonds is 0. The van der Waals surface area contributed by atoms with Crippen molar-refractivity contribution < 1.29 is 0 Å². The summed E-state index contributed by atoms with van der Waals surface area (Å²) >= 11 is 0. The molecule has 0 saturated carbocycles. The molecule has 0 saturated heterocycles. The Labute approximate surface area is 142 Å². The first kappa shape index (κ1) is 12.9. The Morgan fingerprint density at radius 3 is 2.60 bits per heavy atom. The Morgan fingerprint density at radius 2 is 1.60 bits per heavy atom. The Balaban J connectivity index is 1.83. The van der Waals surface area contributed by atoms with Gasteiger partial charge < -0.3 is 4.98 Å². The van der Waals surface area contributed by atoms with Crippen molar-refractivity contribution >= 4 is 54.5 Å². The van der Waals surface area contributed by atoms with Crippen LogP contribution in [0.2, 0.25) is 0 Å². The van der Waals surface area contributed by atoms with Gasteiger partial charge in [0.15, 0.2) is 0 Å². The van der Waals surface area contributed by atoms with E-state index in [9.17, 15) is 0 Å². The third kappa shape index (κ3) is 1.69. The van der Waals surface area contributed by atoms with Crippen LogP contribution in [0.5, 0.6) is 0 Å². The van der Waals surface area contributed by atoms with E-state index in [0.29, 0.717) is 0 Å². The van der Waals surface area contributed by atoms with Crippen molar-refractivity contribution in [3.8, 4) is 0 Å². The first-order valence-corrected chi connectivity index (χ1v) is 8.36. The largest absolute Gasteiger partial charge is 0.354 e. The van der Waals surface area contributed by atoms with Gasteiger partial charge in [0.25, 0.3) is 0 Å². The first-order valence-electron chi connectivity index (χ1n) is 8.36. The summed E-state index contributed by atoms with van der Waals surface area (Å²) in [4.78, 5) is 13.1. The maximum atomic E-state index is 4.94. The predicted octanol–water partition coefficient (Wildman–Crippen LogP) is 5.57. The van der Waals surface area contributed by atoms with Crippen molar-refractivity contribution in [3.63, 3.8) is 0 Å². The number of benzene rings is 3. The molecule has 3 aromatic carbocycles. The molecule has 0 unspecified atom stereocenters. The third-order valence-electron chi connectivity index (χ3n) is 5.01. The van der Waals surface area contributed by atoms with Crippen LogP contribution in [-0.4, -0.2) is 15.0 Å². The van der Waals surface area contributed by atoms with E-state index in [-0.39, 0.29) is 0 Å². The highest BCUT2D eigenvalue weighted by atomic mass is 14.8. The van der Waals surface area contributed by atoms with Crippen molar-refractivity contribution in [2.24, 2.45) is 0 Å².